The Morgan fingerprint density at radius 2 is 1.86 bits per heavy atom. The van der Waals surface area contributed by atoms with Gasteiger partial charge in [-0.15, -0.1) is 0 Å². The van der Waals surface area contributed by atoms with E-state index >= 15 is 0 Å². The molecule has 13 heteroatoms. The zero-order valence-electron chi connectivity index (χ0n) is 14.7. The molecule has 0 fully saturated rings. The first-order chi connectivity index (χ1) is 13.9. The fraction of sp³-hybridized carbons (Fsp3) is 0.188. The summed E-state index contributed by atoms with van der Waals surface area (Å²) >= 11 is 0. The third-order valence-electron chi connectivity index (χ3n) is 3.60. The summed E-state index contributed by atoms with van der Waals surface area (Å²) in [7, 11) is 0. The summed E-state index contributed by atoms with van der Waals surface area (Å²) in [5.74, 6) is -1.69. The number of hydrogen-bond acceptors (Lipinski definition) is 8. The maximum absolute atomic E-state index is 12.8. The predicted molar refractivity (Wildman–Crippen MR) is 93.3 cm³/mol. The Labute approximate surface area is 161 Å². The number of benzene rings is 1. The summed E-state index contributed by atoms with van der Waals surface area (Å²) < 4.78 is 18.9. The molecule has 12 nitrogen and oxygen atoms in total. The molecule has 0 bridgehead atoms. The second-order valence-electron chi connectivity index (χ2n) is 5.69. The highest BCUT2D eigenvalue weighted by Gasteiger charge is 2.16. The van der Waals surface area contributed by atoms with Gasteiger partial charge in [0.1, 0.15) is 24.8 Å². The molecule has 3 aromatic rings. The quantitative estimate of drug-likeness (QED) is 0.313. The van der Waals surface area contributed by atoms with E-state index in [1.165, 1.54) is 35.1 Å². The van der Waals surface area contributed by atoms with Gasteiger partial charge in [0.15, 0.2) is 5.82 Å². The van der Waals surface area contributed by atoms with Crippen LogP contribution in [0.25, 0.3) is 0 Å². The first-order valence-corrected chi connectivity index (χ1v) is 8.24. The van der Waals surface area contributed by atoms with Gasteiger partial charge in [-0.25, -0.2) is 4.39 Å². The second-order valence-corrected chi connectivity index (χ2v) is 5.69. The summed E-state index contributed by atoms with van der Waals surface area (Å²) in [6.45, 7) is 0.201. The smallest absolute Gasteiger partial charge is 0.316 e. The van der Waals surface area contributed by atoms with E-state index in [0.717, 1.165) is 6.20 Å². The number of hydrogen-bond donors (Lipinski definition) is 2. The van der Waals surface area contributed by atoms with Gasteiger partial charge < -0.3 is 15.2 Å². The molecule has 0 aliphatic heterocycles. The normalized spacial score (nSPS) is 10.5. The molecule has 0 saturated carbocycles. The Balaban J connectivity index is 1.44. The lowest BCUT2D eigenvalue weighted by Crippen LogP contribution is -2.34. The summed E-state index contributed by atoms with van der Waals surface area (Å²) in [5, 5.41) is 23.1. The van der Waals surface area contributed by atoms with Crippen molar-refractivity contribution >= 4 is 17.5 Å². The van der Waals surface area contributed by atoms with E-state index in [4.69, 9.17) is 4.52 Å². The van der Waals surface area contributed by atoms with Crippen LogP contribution < -0.4 is 10.6 Å². The summed E-state index contributed by atoms with van der Waals surface area (Å²) in [6, 6.07) is 5.03. The largest absolute Gasteiger partial charge is 0.350 e. The van der Waals surface area contributed by atoms with E-state index in [9.17, 15) is 24.1 Å². The van der Waals surface area contributed by atoms with Gasteiger partial charge in [-0.2, -0.15) is 10.1 Å². The first-order valence-electron chi connectivity index (χ1n) is 8.24. The van der Waals surface area contributed by atoms with Gasteiger partial charge in [-0.05, 0) is 24.3 Å². The lowest BCUT2D eigenvalue weighted by atomic mass is 10.2. The van der Waals surface area contributed by atoms with Gasteiger partial charge in [0.25, 0.3) is 5.91 Å². The highest BCUT2D eigenvalue weighted by Crippen LogP contribution is 2.09. The maximum Gasteiger partial charge on any atom is 0.316 e. The summed E-state index contributed by atoms with van der Waals surface area (Å²) in [5.41, 5.74) is 0.104. The Bertz CT molecular complexity index is 1030. The van der Waals surface area contributed by atoms with Crippen LogP contribution >= 0.6 is 0 Å². The average molecular weight is 403 g/mol. The first kappa shape index (κ1) is 19.6. The minimum atomic E-state index is -0.647. The van der Waals surface area contributed by atoms with Crippen molar-refractivity contribution in [2.75, 3.05) is 13.1 Å². The van der Waals surface area contributed by atoms with Crippen LogP contribution in [-0.4, -0.2) is 49.7 Å². The second kappa shape index (κ2) is 8.69. The van der Waals surface area contributed by atoms with Crippen LogP contribution in [-0.2, 0) is 6.54 Å². The Kier molecular flexibility index (Phi) is 5.87. The van der Waals surface area contributed by atoms with Crippen molar-refractivity contribution in [1.29, 1.82) is 0 Å². The predicted octanol–water partition coefficient (Wildman–Crippen LogP) is 0.522. The van der Waals surface area contributed by atoms with Crippen molar-refractivity contribution in [3.8, 4) is 0 Å². The molecule has 29 heavy (non-hydrogen) atoms. The van der Waals surface area contributed by atoms with Gasteiger partial charge in [0, 0.05) is 18.7 Å². The van der Waals surface area contributed by atoms with Gasteiger partial charge in [0.05, 0.1) is 4.92 Å². The molecular weight excluding hydrogens is 389 g/mol. The molecule has 0 saturated heterocycles. The van der Waals surface area contributed by atoms with E-state index in [1.807, 2.05) is 0 Å². The van der Waals surface area contributed by atoms with Crippen LogP contribution in [0.3, 0.4) is 0 Å². The zero-order chi connectivity index (χ0) is 20.8. The topological polar surface area (TPSA) is 158 Å². The number of halogens is 1. The number of amides is 2. The third-order valence-corrected chi connectivity index (χ3v) is 3.60. The van der Waals surface area contributed by atoms with E-state index < -0.39 is 22.6 Å². The van der Waals surface area contributed by atoms with Crippen molar-refractivity contribution in [1.82, 2.24) is 30.6 Å². The van der Waals surface area contributed by atoms with Gasteiger partial charge >= 0.3 is 17.5 Å². The van der Waals surface area contributed by atoms with Crippen LogP contribution in [0.1, 0.15) is 26.9 Å². The molecule has 3 rings (SSSR count). The number of carbonyl (C=O) groups is 2. The Morgan fingerprint density at radius 3 is 2.52 bits per heavy atom. The third kappa shape index (κ3) is 5.18. The zero-order valence-corrected chi connectivity index (χ0v) is 14.7. The number of nitrogens with one attached hydrogen (secondary N) is 2. The number of nitro groups is 1. The van der Waals surface area contributed by atoms with Crippen LogP contribution in [0.5, 0.6) is 0 Å². The molecule has 0 aliphatic carbocycles. The van der Waals surface area contributed by atoms with E-state index in [-0.39, 0.29) is 42.6 Å². The standard InChI is InChI=1S/C16H14FN7O5/c17-11-3-1-10(2-4-11)14(25)18-5-6-19-15(26)16-21-13(22-29-16)9-23-8-12(7-20-23)24(27)28/h1-4,7-8H,5-6,9H2,(H,18,25)(H,19,26). The van der Waals surface area contributed by atoms with Crippen LogP contribution in [0.15, 0.2) is 41.2 Å². The molecule has 2 heterocycles. The number of carbonyl (C=O) groups excluding carboxylic acids is 2. The molecule has 0 radical (unpaired) electrons. The van der Waals surface area contributed by atoms with Gasteiger partial charge in [-0.1, -0.05) is 5.16 Å². The maximum atomic E-state index is 12.8. The average Bonchev–Trinajstić information content (AvgIpc) is 3.35. The fourth-order valence-corrected chi connectivity index (χ4v) is 2.22. The van der Waals surface area contributed by atoms with Crippen LogP contribution in [0.2, 0.25) is 0 Å². The summed E-state index contributed by atoms with van der Waals surface area (Å²) in [6.07, 6.45) is 2.27. The minimum absolute atomic E-state index is 0.0155. The summed E-state index contributed by atoms with van der Waals surface area (Å²) in [4.78, 5) is 37.8. The van der Waals surface area contributed by atoms with Gasteiger partial charge in [-0.3, -0.25) is 24.4 Å². The molecule has 150 valence electrons. The molecule has 2 N–H and O–H groups in total. The number of rotatable bonds is 8. The van der Waals surface area contributed by atoms with E-state index in [2.05, 4.69) is 25.9 Å². The SMILES string of the molecule is O=C(NCCNC(=O)c1nc(Cn2cc([N+](=O)[O-])cn2)no1)c1ccc(F)cc1. The lowest BCUT2D eigenvalue weighted by molar-refractivity contribution is -0.385. The molecule has 1 aromatic carbocycles. The highest BCUT2D eigenvalue weighted by atomic mass is 19.1. The molecule has 2 amide bonds. The van der Waals surface area contributed by atoms with Crippen LogP contribution in [0.4, 0.5) is 10.1 Å². The van der Waals surface area contributed by atoms with Crippen molar-refractivity contribution in [3.63, 3.8) is 0 Å². The van der Waals surface area contributed by atoms with Crippen molar-refractivity contribution in [2.24, 2.45) is 0 Å². The molecule has 0 unspecified atom stereocenters. The van der Waals surface area contributed by atoms with Crippen molar-refractivity contribution in [3.05, 3.63) is 69.9 Å². The van der Waals surface area contributed by atoms with E-state index in [1.54, 1.807) is 0 Å². The minimum Gasteiger partial charge on any atom is -0.350 e. The van der Waals surface area contributed by atoms with E-state index in [0.29, 0.717) is 0 Å². The van der Waals surface area contributed by atoms with Gasteiger partial charge in [0.2, 0.25) is 0 Å². The molecule has 0 aliphatic rings. The number of nitrogens with zero attached hydrogens (tertiary/aromatic N) is 5. The fourth-order valence-electron chi connectivity index (χ4n) is 2.22. The van der Waals surface area contributed by atoms with Crippen molar-refractivity contribution < 1.29 is 23.4 Å². The highest BCUT2D eigenvalue weighted by molar-refractivity contribution is 5.94. The van der Waals surface area contributed by atoms with Crippen LogP contribution in [0, 0.1) is 15.9 Å². The Hall–Kier alpha value is -4.16. The monoisotopic (exact) mass is 403 g/mol. The molecular formula is C16H14FN7O5. The molecule has 0 spiro atoms. The molecule has 0 atom stereocenters. The number of aromatic nitrogens is 4. The van der Waals surface area contributed by atoms with Crippen molar-refractivity contribution in [2.45, 2.75) is 6.54 Å². The Morgan fingerprint density at radius 1 is 1.17 bits per heavy atom. The molecule has 2 aromatic heterocycles. The lowest BCUT2D eigenvalue weighted by Gasteiger charge is -2.05.